The molecule has 1 aliphatic heterocycles. The summed E-state index contributed by atoms with van der Waals surface area (Å²) in [5, 5.41) is 3.20. The van der Waals surface area contributed by atoms with Crippen LogP contribution >= 0.6 is 24.0 Å². The number of guanidine groups is 1. The highest BCUT2D eigenvalue weighted by Gasteiger charge is 2.08. The zero-order chi connectivity index (χ0) is 16.5. The van der Waals surface area contributed by atoms with Crippen molar-refractivity contribution in [2.75, 3.05) is 45.9 Å². The Hall–Kier alpha value is -0.860. The van der Waals surface area contributed by atoms with E-state index in [2.05, 4.69) is 47.3 Å². The molecule has 1 aromatic rings. The molecule has 0 bridgehead atoms. The van der Waals surface area contributed by atoms with E-state index >= 15 is 0 Å². The highest BCUT2D eigenvalue weighted by Crippen LogP contribution is 2.08. The van der Waals surface area contributed by atoms with Crippen LogP contribution in [0.5, 0.6) is 0 Å². The summed E-state index contributed by atoms with van der Waals surface area (Å²) in [6.07, 6.45) is 2.01. The summed E-state index contributed by atoms with van der Waals surface area (Å²) in [6, 6.07) is 6.65. The van der Waals surface area contributed by atoms with E-state index in [1.54, 1.807) is 0 Å². The van der Waals surface area contributed by atoms with Crippen molar-refractivity contribution in [1.82, 2.24) is 10.2 Å². The van der Waals surface area contributed by atoms with Crippen LogP contribution in [0.3, 0.4) is 0 Å². The highest BCUT2D eigenvalue weighted by molar-refractivity contribution is 14.0. The number of nitrogens with one attached hydrogen (secondary N) is 1. The first-order valence-electron chi connectivity index (χ1n) is 8.54. The van der Waals surface area contributed by atoms with Gasteiger partial charge in [0, 0.05) is 32.7 Å². The lowest BCUT2D eigenvalue weighted by Crippen LogP contribution is -2.37. The van der Waals surface area contributed by atoms with Crippen LogP contribution in [0.15, 0.2) is 23.2 Å². The molecule has 0 amide bonds. The van der Waals surface area contributed by atoms with Crippen molar-refractivity contribution in [2.24, 2.45) is 10.7 Å². The van der Waals surface area contributed by atoms with E-state index in [4.69, 9.17) is 10.5 Å². The topological polar surface area (TPSA) is 62.9 Å². The standard InChI is InChI=1S/C18H30N4O.HI/c1-15-12-16(2)14-17(13-15)4-6-21-18(19)20-5-3-7-22-8-10-23-11-9-22;/h12-14H,3-11H2,1-2H3,(H3,19,20,21);1H. The summed E-state index contributed by atoms with van der Waals surface area (Å²) < 4.78 is 5.34. The molecule has 0 aliphatic carbocycles. The van der Waals surface area contributed by atoms with Crippen LogP contribution in [-0.2, 0) is 11.2 Å². The lowest BCUT2D eigenvalue weighted by atomic mass is 10.1. The van der Waals surface area contributed by atoms with Crippen LogP contribution in [-0.4, -0.2) is 56.8 Å². The average Bonchev–Trinajstić information content (AvgIpc) is 2.52. The van der Waals surface area contributed by atoms with Gasteiger partial charge in [0.15, 0.2) is 5.96 Å². The second kappa shape index (κ2) is 11.7. The molecule has 2 rings (SSSR count). The van der Waals surface area contributed by atoms with Gasteiger partial charge in [0.05, 0.1) is 13.2 Å². The largest absolute Gasteiger partial charge is 0.379 e. The van der Waals surface area contributed by atoms with Crippen LogP contribution in [0.2, 0.25) is 0 Å². The van der Waals surface area contributed by atoms with Crippen LogP contribution in [0, 0.1) is 13.8 Å². The van der Waals surface area contributed by atoms with Gasteiger partial charge in [-0.1, -0.05) is 29.3 Å². The second-order valence-corrected chi connectivity index (χ2v) is 6.25. The normalized spacial score (nSPS) is 15.8. The highest BCUT2D eigenvalue weighted by atomic mass is 127. The molecule has 6 heteroatoms. The summed E-state index contributed by atoms with van der Waals surface area (Å²) >= 11 is 0. The third-order valence-electron chi connectivity index (χ3n) is 4.02. The average molecular weight is 446 g/mol. The molecule has 0 unspecified atom stereocenters. The van der Waals surface area contributed by atoms with Crippen molar-refractivity contribution in [3.63, 3.8) is 0 Å². The van der Waals surface area contributed by atoms with Crippen LogP contribution in [0.1, 0.15) is 23.1 Å². The van der Waals surface area contributed by atoms with Crippen molar-refractivity contribution in [1.29, 1.82) is 0 Å². The Kier molecular flexibility index (Phi) is 10.3. The minimum atomic E-state index is 0. The van der Waals surface area contributed by atoms with E-state index in [0.29, 0.717) is 5.96 Å². The van der Waals surface area contributed by atoms with Gasteiger partial charge in [-0.2, -0.15) is 0 Å². The zero-order valence-electron chi connectivity index (χ0n) is 14.9. The Morgan fingerprint density at radius 1 is 1.21 bits per heavy atom. The maximum Gasteiger partial charge on any atom is 0.188 e. The predicted octanol–water partition coefficient (Wildman–Crippen LogP) is 2.09. The zero-order valence-corrected chi connectivity index (χ0v) is 17.2. The Bertz CT molecular complexity index is 495. The van der Waals surface area contributed by atoms with Crippen molar-refractivity contribution >= 4 is 29.9 Å². The monoisotopic (exact) mass is 446 g/mol. The van der Waals surface area contributed by atoms with Gasteiger partial charge in [-0.3, -0.25) is 9.89 Å². The minimum Gasteiger partial charge on any atom is -0.379 e. The number of nitrogens with zero attached hydrogens (tertiary/aromatic N) is 2. The molecular formula is C18H31IN4O. The molecule has 0 atom stereocenters. The number of hydrogen-bond acceptors (Lipinski definition) is 3. The number of aryl methyl sites for hydroxylation is 2. The molecule has 24 heavy (non-hydrogen) atoms. The molecule has 0 radical (unpaired) electrons. The maximum atomic E-state index is 5.92. The molecule has 0 aromatic heterocycles. The first kappa shape index (κ1) is 21.2. The molecule has 1 aromatic carbocycles. The van der Waals surface area contributed by atoms with E-state index in [9.17, 15) is 0 Å². The van der Waals surface area contributed by atoms with Crippen molar-refractivity contribution in [3.8, 4) is 0 Å². The van der Waals surface area contributed by atoms with E-state index in [0.717, 1.165) is 58.8 Å². The van der Waals surface area contributed by atoms with Gasteiger partial charge in [0.2, 0.25) is 0 Å². The molecule has 136 valence electrons. The van der Waals surface area contributed by atoms with E-state index < -0.39 is 0 Å². The SMILES string of the molecule is Cc1cc(C)cc(CCNC(N)=NCCCN2CCOCC2)c1.I. The molecule has 5 nitrogen and oxygen atoms in total. The van der Waals surface area contributed by atoms with E-state index in [-0.39, 0.29) is 24.0 Å². The number of benzene rings is 1. The van der Waals surface area contributed by atoms with Crippen LogP contribution < -0.4 is 11.1 Å². The fraction of sp³-hybridized carbons (Fsp3) is 0.611. The summed E-state index contributed by atoms with van der Waals surface area (Å²) in [6.45, 7) is 10.7. The number of halogens is 1. The van der Waals surface area contributed by atoms with Gasteiger partial charge in [-0.25, -0.2) is 0 Å². The van der Waals surface area contributed by atoms with Crippen LogP contribution in [0.25, 0.3) is 0 Å². The molecule has 1 aliphatic rings. The summed E-state index contributed by atoms with van der Waals surface area (Å²) in [5.74, 6) is 0.552. The fourth-order valence-electron chi connectivity index (χ4n) is 2.92. The third kappa shape index (κ3) is 8.30. The van der Waals surface area contributed by atoms with Gasteiger partial charge in [0.25, 0.3) is 0 Å². The predicted molar refractivity (Wildman–Crippen MR) is 111 cm³/mol. The van der Waals surface area contributed by atoms with E-state index in [1.165, 1.54) is 16.7 Å². The number of hydrogen-bond donors (Lipinski definition) is 2. The van der Waals surface area contributed by atoms with Gasteiger partial charge in [0.1, 0.15) is 0 Å². The van der Waals surface area contributed by atoms with Gasteiger partial charge in [-0.05, 0) is 32.3 Å². The van der Waals surface area contributed by atoms with Gasteiger partial charge in [-0.15, -0.1) is 24.0 Å². The summed E-state index contributed by atoms with van der Waals surface area (Å²) in [5.41, 5.74) is 9.88. The maximum absolute atomic E-state index is 5.92. The molecule has 0 saturated carbocycles. The summed E-state index contributed by atoms with van der Waals surface area (Å²) in [7, 11) is 0. The molecule has 1 heterocycles. The van der Waals surface area contributed by atoms with Gasteiger partial charge >= 0.3 is 0 Å². The Morgan fingerprint density at radius 2 is 1.88 bits per heavy atom. The van der Waals surface area contributed by atoms with Crippen LogP contribution in [0.4, 0.5) is 0 Å². The Labute approximate surface area is 163 Å². The smallest absolute Gasteiger partial charge is 0.188 e. The number of rotatable bonds is 7. The van der Waals surface area contributed by atoms with E-state index in [1.807, 2.05) is 0 Å². The lowest BCUT2D eigenvalue weighted by Gasteiger charge is -2.26. The Balaban J connectivity index is 0.00000288. The third-order valence-corrected chi connectivity index (χ3v) is 4.02. The van der Waals surface area contributed by atoms with Crippen molar-refractivity contribution in [3.05, 3.63) is 34.9 Å². The molecule has 1 fully saturated rings. The number of nitrogens with two attached hydrogens (primary N) is 1. The fourth-order valence-corrected chi connectivity index (χ4v) is 2.92. The minimum absolute atomic E-state index is 0. The van der Waals surface area contributed by atoms with Gasteiger partial charge < -0.3 is 15.8 Å². The quantitative estimate of drug-likeness (QED) is 0.292. The first-order valence-corrected chi connectivity index (χ1v) is 8.54. The van der Waals surface area contributed by atoms with Crippen molar-refractivity contribution in [2.45, 2.75) is 26.7 Å². The Morgan fingerprint density at radius 3 is 2.54 bits per heavy atom. The number of aliphatic imine (C=N–C) groups is 1. The summed E-state index contributed by atoms with van der Waals surface area (Å²) in [4.78, 5) is 6.82. The number of ether oxygens (including phenoxy) is 1. The van der Waals surface area contributed by atoms with Crippen molar-refractivity contribution < 1.29 is 4.74 Å². The number of morpholine rings is 1. The molecule has 3 N–H and O–H groups in total. The molecule has 1 saturated heterocycles. The first-order chi connectivity index (χ1) is 11.1. The molecular weight excluding hydrogens is 415 g/mol. The second-order valence-electron chi connectivity index (χ2n) is 6.25. The molecule has 0 spiro atoms. The lowest BCUT2D eigenvalue weighted by molar-refractivity contribution is 0.0377.